The van der Waals surface area contributed by atoms with E-state index in [2.05, 4.69) is 34.7 Å². The standard InChI is InChI=1S/C41H40N10O5.C7H6O3/c42-37-35-36(24-6-9-30(10-7-24)56-29-4-2-1-3-5-29)46-51(38(35)44-23-43-37)25-14-16-47(17-15-25)27-19-49(20-27)28-21-48(22-28)26-8-11-31-32(18-26)41(55)50(40(31)54)33-12-13-34(52)45-39(33)53;8-6-4-2-1-3-5(6)7(9)10/h1-11,18,23,25,27-28,33H,12-17,19-22H2,(H2,42,43,44)(H,45,52,53);1-4,8H,(H,9,10). The number of hydrogen-bond donors (Lipinski definition) is 4. The number of hydrogen-bond acceptors (Lipinski definition) is 14. The number of nitrogens with two attached hydrogens (primary N) is 1. The van der Waals surface area contributed by atoms with Crippen molar-refractivity contribution in [1.29, 1.82) is 0 Å². The number of fused-ring (bicyclic) bond motifs is 2. The van der Waals surface area contributed by atoms with Crippen molar-refractivity contribution in [3.8, 4) is 28.5 Å². The van der Waals surface area contributed by atoms with Crippen LogP contribution in [0.2, 0.25) is 0 Å². The van der Waals surface area contributed by atoms with Gasteiger partial charge in [0.2, 0.25) is 11.8 Å². The smallest absolute Gasteiger partial charge is 0.339 e. The topological polar surface area (TPSA) is 230 Å². The Balaban J connectivity index is 0.000000455. The maximum absolute atomic E-state index is 13.3. The third-order valence-electron chi connectivity index (χ3n) is 13.2. The van der Waals surface area contributed by atoms with Crippen LogP contribution < -0.4 is 20.7 Å². The van der Waals surface area contributed by atoms with Crippen LogP contribution in [0.4, 0.5) is 11.5 Å². The molecular formula is C48H46N10O8. The molecule has 0 saturated carbocycles. The van der Waals surface area contributed by atoms with E-state index in [-0.39, 0.29) is 36.1 Å². The van der Waals surface area contributed by atoms with Gasteiger partial charge in [-0.15, -0.1) is 0 Å². The number of aromatic carboxylic acids is 1. The first kappa shape index (κ1) is 42.3. The maximum Gasteiger partial charge on any atom is 0.339 e. The molecule has 4 fully saturated rings. The Hall–Kier alpha value is -7.70. The SMILES string of the molecule is Nc1ncnc2c1c(-c1ccc(Oc3ccccc3)cc1)nn2C1CCN(C2CN(C3CN(c4ccc5c(c4)C(=O)N(C4CCC(=O)NC4=O)C5=O)C3)C2)CC1.O=C(O)c1ccccc1O. The van der Waals surface area contributed by atoms with Gasteiger partial charge in [-0.1, -0.05) is 30.3 Å². The van der Waals surface area contributed by atoms with E-state index >= 15 is 0 Å². The van der Waals surface area contributed by atoms with Gasteiger partial charge in [0.15, 0.2) is 5.65 Å². The first-order valence-electron chi connectivity index (χ1n) is 21.9. The van der Waals surface area contributed by atoms with E-state index in [1.807, 2.05) is 60.7 Å². The van der Waals surface area contributed by atoms with Gasteiger partial charge in [-0.05, 0) is 86.0 Å². The highest BCUT2D eigenvalue weighted by atomic mass is 16.5. The second kappa shape index (κ2) is 17.4. The lowest BCUT2D eigenvalue weighted by Crippen LogP contribution is -2.70. The Bertz CT molecular complexity index is 2870. The molecule has 11 rings (SSSR count). The summed E-state index contributed by atoms with van der Waals surface area (Å²) >= 11 is 0. The lowest BCUT2D eigenvalue weighted by Gasteiger charge is -2.55. The van der Waals surface area contributed by atoms with Crippen molar-refractivity contribution in [2.75, 3.05) is 49.9 Å². The summed E-state index contributed by atoms with van der Waals surface area (Å²) in [6.45, 7) is 5.67. The fourth-order valence-electron chi connectivity index (χ4n) is 9.48. The molecule has 5 aliphatic heterocycles. The molecular weight excluding hydrogens is 845 g/mol. The molecule has 0 bridgehead atoms. The Kier molecular flexibility index (Phi) is 11.1. The van der Waals surface area contributed by atoms with E-state index in [0.717, 1.165) is 96.5 Å². The third kappa shape index (κ3) is 7.94. The Morgan fingerprint density at radius 2 is 1.42 bits per heavy atom. The monoisotopic (exact) mass is 890 g/mol. The minimum Gasteiger partial charge on any atom is -0.507 e. The number of nitrogens with zero attached hydrogens (tertiary/aromatic N) is 8. The van der Waals surface area contributed by atoms with Crippen molar-refractivity contribution in [3.05, 3.63) is 120 Å². The molecule has 4 saturated heterocycles. The number of piperidine rings is 2. The van der Waals surface area contributed by atoms with Crippen molar-refractivity contribution in [3.63, 3.8) is 0 Å². The molecule has 0 aliphatic carbocycles. The Morgan fingerprint density at radius 1 is 0.742 bits per heavy atom. The zero-order valence-corrected chi connectivity index (χ0v) is 35.7. The molecule has 4 amide bonds. The molecule has 1 atom stereocenters. The molecule has 0 spiro atoms. The van der Waals surface area contributed by atoms with Crippen LogP contribution in [0.1, 0.15) is 62.8 Å². The summed E-state index contributed by atoms with van der Waals surface area (Å²) in [4.78, 5) is 78.0. The average Bonchev–Trinajstić information content (AvgIpc) is 3.80. The number of rotatable bonds is 9. The van der Waals surface area contributed by atoms with Gasteiger partial charge in [-0.3, -0.25) is 39.2 Å². The van der Waals surface area contributed by atoms with Gasteiger partial charge in [0, 0.05) is 69.0 Å². The van der Waals surface area contributed by atoms with E-state index in [1.54, 1.807) is 24.3 Å². The van der Waals surface area contributed by atoms with E-state index in [4.69, 9.17) is 25.8 Å². The number of phenols is 1. The number of ether oxygens (including phenoxy) is 1. The average molecular weight is 891 g/mol. The molecule has 18 nitrogen and oxygen atoms in total. The van der Waals surface area contributed by atoms with Crippen LogP contribution >= 0.6 is 0 Å². The highest BCUT2D eigenvalue weighted by Crippen LogP contribution is 2.38. The van der Waals surface area contributed by atoms with Crippen LogP contribution in [0.3, 0.4) is 0 Å². The number of aromatic hydroxyl groups is 1. The number of para-hydroxylation sites is 2. The van der Waals surface area contributed by atoms with Crippen molar-refractivity contribution in [2.45, 2.75) is 49.9 Å². The van der Waals surface area contributed by atoms with Crippen LogP contribution in [0, 0.1) is 0 Å². The number of imide groups is 2. The van der Waals surface area contributed by atoms with Gasteiger partial charge < -0.3 is 25.6 Å². The van der Waals surface area contributed by atoms with Crippen LogP contribution in [0.5, 0.6) is 17.2 Å². The first-order chi connectivity index (χ1) is 32.0. The predicted octanol–water partition coefficient (Wildman–Crippen LogP) is 4.57. The predicted molar refractivity (Wildman–Crippen MR) is 241 cm³/mol. The van der Waals surface area contributed by atoms with Crippen LogP contribution in [-0.4, -0.2) is 132 Å². The first-order valence-corrected chi connectivity index (χ1v) is 21.9. The number of nitrogens with one attached hydrogen (secondary N) is 1. The zero-order valence-electron chi connectivity index (χ0n) is 35.7. The van der Waals surface area contributed by atoms with Gasteiger partial charge >= 0.3 is 5.97 Å². The van der Waals surface area contributed by atoms with E-state index in [9.17, 15) is 24.0 Å². The number of benzene rings is 4. The van der Waals surface area contributed by atoms with E-state index in [1.165, 1.54) is 18.5 Å². The summed E-state index contributed by atoms with van der Waals surface area (Å²) in [5.41, 5.74) is 10.3. The molecule has 7 heterocycles. The Labute approximate surface area is 378 Å². The van der Waals surface area contributed by atoms with Gasteiger partial charge in [0.05, 0.1) is 22.6 Å². The van der Waals surface area contributed by atoms with Crippen LogP contribution in [0.25, 0.3) is 22.3 Å². The molecule has 5 N–H and O–H groups in total. The van der Waals surface area contributed by atoms with Gasteiger partial charge in [-0.2, -0.15) is 5.10 Å². The number of likely N-dealkylation sites (tertiary alicyclic amines) is 2. The van der Waals surface area contributed by atoms with Crippen molar-refractivity contribution >= 4 is 52.1 Å². The molecule has 4 aromatic carbocycles. The van der Waals surface area contributed by atoms with Crippen molar-refractivity contribution in [2.24, 2.45) is 0 Å². The fourth-order valence-corrected chi connectivity index (χ4v) is 9.48. The second-order valence-electron chi connectivity index (χ2n) is 17.1. The number of aromatic nitrogens is 4. The summed E-state index contributed by atoms with van der Waals surface area (Å²) in [5.74, 6) is -1.34. The minimum atomic E-state index is -1.11. The molecule has 5 aliphatic rings. The molecule has 2 aromatic heterocycles. The summed E-state index contributed by atoms with van der Waals surface area (Å²) in [7, 11) is 0. The largest absolute Gasteiger partial charge is 0.507 e. The fraction of sp³-hybridized carbons (Fsp3) is 0.292. The van der Waals surface area contributed by atoms with Gasteiger partial charge in [-0.25, -0.2) is 19.4 Å². The zero-order chi connectivity index (χ0) is 45.6. The van der Waals surface area contributed by atoms with Crippen molar-refractivity contribution in [1.82, 2.24) is 39.8 Å². The second-order valence-corrected chi connectivity index (χ2v) is 17.1. The summed E-state index contributed by atoms with van der Waals surface area (Å²) in [6.07, 6.45) is 3.66. The van der Waals surface area contributed by atoms with Crippen LogP contribution in [0.15, 0.2) is 103 Å². The molecule has 336 valence electrons. The summed E-state index contributed by atoms with van der Waals surface area (Å²) in [5, 5.41) is 25.4. The highest BCUT2D eigenvalue weighted by Gasteiger charge is 2.46. The van der Waals surface area contributed by atoms with Gasteiger partial charge in [0.25, 0.3) is 11.8 Å². The lowest BCUT2D eigenvalue weighted by atomic mass is 9.95. The maximum atomic E-state index is 13.3. The number of anilines is 2. The number of carbonyl (C=O) groups is 5. The summed E-state index contributed by atoms with van der Waals surface area (Å²) in [6, 6.07) is 28.9. The number of amides is 4. The summed E-state index contributed by atoms with van der Waals surface area (Å²) < 4.78 is 8.05. The minimum absolute atomic E-state index is 0.0671. The number of carboxylic acids is 1. The number of carboxylic acid groups (broad SMARTS) is 1. The van der Waals surface area contributed by atoms with Crippen molar-refractivity contribution < 1.29 is 38.9 Å². The van der Waals surface area contributed by atoms with Crippen LogP contribution in [-0.2, 0) is 9.59 Å². The quantitative estimate of drug-likeness (QED) is 0.146. The molecule has 6 aromatic rings. The molecule has 1 unspecified atom stereocenters. The molecule has 18 heteroatoms. The lowest BCUT2D eigenvalue weighted by molar-refractivity contribution is -0.136. The normalized spacial score (nSPS) is 19.5. The molecule has 0 radical (unpaired) electrons. The van der Waals surface area contributed by atoms with E-state index < -0.39 is 29.7 Å². The van der Waals surface area contributed by atoms with Gasteiger partial charge in [0.1, 0.15) is 46.7 Å². The van der Waals surface area contributed by atoms with E-state index in [0.29, 0.717) is 29.0 Å². The highest BCUT2D eigenvalue weighted by molar-refractivity contribution is 6.23. The molecule has 66 heavy (non-hydrogen) atoms. The number of nitrogen functional groups attached to an aromatic ring is 1. The Morgan fingerprint density at radius 3 is 2.12 bits per heavy atom. The number of carbonyl (C=O) groups excluding carboxylic acids is 4. The third-order valence-corrected chi connectivity index (χ3v) is 13.2.